The Balaban J connectivity index is 1.72. The molecule has 2 heterocycles. The Morgan fingerprint density at radius 2 is 1.86 bits per heavy atom. The number of aryl methyl sites for hydroxylation is 2. The molecule has 29 heavy (non-hydrogen) atoms. The lowest BCUT2D eigenvalue weighted by atomic mass is 10.1. The molecular formula is C23H23N3O2S. The van der Waals surface area contributed by atoms with E-state index in [2.05, 4.69) is 10.4 Å². The monoisotopic (exact) mass is 405 g/mol. The minimum atomic E-state index is -0.645. The SMILES string of the molecule is CC[C@H](C(=O)NCc1ccccc1C)n1nc(C)c2sc3ccccc3c2c1=O. The molecule has 2 aromatic heterocycles. The van der Waals surface area contributed by atoms with Crippen molar-refractivity contribution in [3.63, 3.8) is 0 Å². The molecule has 0 bridgehead atoms. The number of fused-ring (bicyclic) bond motifs is 3. The van der Waals surface area contributed by atoms with Crippen molar-refractivity contribution in [3.8, 4) is 0 Å². The predicted molar refractivity (Wildman–Crippen MR) is 118 cm³/mol. The number of nitrogens with one attached hydrogen (secondary N) is 1. The molecule has 1 atom stereocenters. The van der Waals surface area contributed by atoms with E-state index in [4.69, 9.17) is 0 Å². The molecule has 2 aromatic carbocycles. The number of amides is 1. The Labute approximate surface area is 173 Å². The van der Waals surface area contributed by atoms with Gasteiger partial charge in [0.2, 0.25) is 5.91 Å². The fourth-order valence-corrected chi connectivity index (χ4v) is 4.80. The molecule has 0 radical (unpaired) electrons. The van der Waals surface area contributed by atoms with E-state index in [0.717, 1.165) is 31.6 Å². The van der Waals surface area contributed by atoms with E-state index in [1.165, 1.54) is 4.68 Å². The van der Waals surface area contributed by atoms with E-state index in [1.54, 1.807) is 11.3 Å². The number of hydrogen-bond donors (Lipinski definition) is 1. The van der Waals surface area contributed by atoms with Crippen LogP contribution in [0.3, 0.4) is 0 Å². The van der Waals surface area contributed by atoms with Gasteiger partial charge in [0.25, 0.3) is 5.56 Å². The predicted octanol–water partition coefficient (Wildman–Crippen LogP) is 4.50. The number of benzene rings is 2. The highest BCUT2D eigenvalue weighted by Crippen LogP contribution is 2.33. The van der Waals surface area contributed by atoms with Crippen LogP contribution in [0.25, 0.3) is 20.2 Å². The average molecular weight is 406 g/mol. The molecular weight excluding hydrogens is 382 g/mol. The van der Waals surface area contributed by atoms with Crippen molar-refractivity contribution < 1.29 is 4.79 Å². The summed E-state index contributed by atoms with van der Waals surface area (Å²) in [7, 11) is 0. The van der Waals surface area contributed by atoms with Gasteiger partial charge in [-0.3, -0.25) is 9.59 Å². The fourth-order valence-electron chi connectivity index (χ4n) is 3.67. The molecule has 0 aliphatic carbocycles. The van der Waals surface area contributed by atoms with Crippen molar-refractivity contribution >= 4 is 37.4 Å². The van der Waals surface area contributed by atoms with Crippen molar-refractivity contribution in [2.45, 2.75) is 39.8 Å². The quantitative estimate of drug-likeness (QED) is 0.532. The normalized spacial score (nSPS) is 12.4. The highest BCUT2D eigenvalue weighted by atomic mass is 32.1. The Morgan fingerprint density at radius 3 is 2.62 bits per heavy atom. The molecule has 0 saturated heterocycles. The zero-order valence-corrected chi connectivity index (χ0v) is 17.5. The van der Waals surface area contributed by atoms with E-state index in [0.29, 0.717) is 18.4 Å². The van der Waals surface area contributed by atoms with Crippen LogP contribution in [-0.4, -0.2) is 15.7 Å². The maximum absolute atomic E-state index is 13.3. The van der Waals surface area contributed by atoms with Crippen LogP contribution in [0.15, 0.2) is 53.3 Å². The van der Waals surface area contributed by atoms with Crippen molar-refractivity contribution in [2.75, 3.05) is 0 Å². The van der Waals surface area contributed by atoms with E-state index in [9.17, 15) is 9.59 Å². The third-order valence-electron chi connectivity index (χ3n) is 5.30. The first-order chi connectivity index (χ1) is 14.0. The van der Waals surface area contributed by atoms with Crippen molar-refractivity contribution in [1.29, 1.82) is 0 Å². The second-order valence-corrected chi connectivity index (χ2v) is 8.26. The highest BCUT2D eigenvalue weighted by Gasteiger charge is 2.24. The van der Waals surface area contributed by atoms with Crippen molar-refractivity contribution in [1.82, 2.24) is 15.1 Å². The standard InChI is InChI=1S/C23H23N3O2S/c1-4-18(22(27)24-13-16-10-6-5-9-14(16)2)26-23(28)20-17-11-7-8-12-19(17)29-21(20)15(3)25-26/h5-12,18H,4,13H2,1-3H3,(H,24,27)/t18-/m1/s1. The van der Waals surface area contributed by atoms with Crippen LogP contribution in [0, 0.1) is 13.8 Å². The van der Waals surface area contributed by atoms with Crippen LogP contribution in [0.2, 0.25) is 0 Å². The first-order valence-corrected chi connectivity index (χ1v) is 10.6. The summed E-state index contributed by atoms with van der Waals surface area (Å²) in [5.41, 5.74) is 2.75. The van der Waals surface area contributed by atoms with Gasteiger partial charge in [-0.05, 0) is 37.5 Å². The van der Waals surface area contributed by atoms with Crippen molar-refractivity contribution in [3.05, 3.63) is 75.7 Å². The molecule has 0 saturated carbocycles. The second-order valence-electron chi connectivity index (χ2n) is 7.21. The number of thiophene rings is 1. The van der Waals surface area contributed by atoms with Gasteiger partial charge in [0.05, 0.1) is 15.8 Å². The first kappa shape index (κ1) is 19.3. The van der Waals surface area contributed by atoms with E-state index < -0.39 is 6.04 Å². The zero-order valence-electron chi connectivity index (χ0n) is 16.7. The topological polar surface area (TPSA) is 64.0 Å². The third-order valence-corrected chi connectivity index (χ3v) is 6.58. The van der Waals surface area contributed by atoms with Gasteiger partial charge >= 0.3 is 0 Å². The second kappa shape index (κ2) is 7.79. The third kappa shape index (κ3) is 3.44. The molecule has 1 amide bonds. The van der Waals surface area contributed by atoms with E-state index >= 15 is 0 Å². The molecule has 0 fully saturated rings. The van der Waals surface area contributed by atoms with Gasteiger partial charge in [-0.25, -0.2) is 4.68 Å². The number of hydrogen-bond acceptors (Lipinski definition) is 4. The lowest BCUT2D eigenvalue weighted by molar-refractivity contribution is -0.125. The largest absolute Gasteiger partial charge is 0.350 e. The molecule has 4 rings (SSSR count). The summed E-state index contributed by atoms with van der Waals surface area (Å²) in [5, 5.41) is 9.07. The molecule has 1 N–H and O–H groups in total. The Kier molecular flexibility index (Phi) is 5.20. The number of rotatable bonds is 5. The van der Waals surface area contributed by atoms with Gasteiger partial charge in [0.1, 0.15) is 6.04 Å². The van der Waals surface area contributed by atoms with Gasteiger partial charge in [-0.1, -0.05) is 49.4 Å². The Morgan fingerprint density at radius 1 is 1.14 bits per heavy atom. The average Bonchev–Trinajstić information content (AvgIpc) is 3.12. The summed E-state index contributed by atoms with van der Waals surface area (Å²) < 4.78 is 3.31. The van der Waals surface area contributed by atoms with Gasteiger partial charge in [-0.15, -0.1) is 11.3 Å². The van der Waals surface area contributed by atoms with Gasteiger partial charge in [0.15, 0.2) is 0 Å². The lowest BCUT2D eigenvalue weighted by Crippen LogP contribution is -2.38. The lowest BCUT2D eigenvalue weighted by Gasteiger charge is -2.18. The van der Waals surface area contributed by atoms with E-state index in [-0.39, 0.29) is 11.5 Å². The van der Waals surface area contributed by atoms with Gasteiger partial charge in [-0.2, -0.15) is 5.10 Å². The Hall–Kier alpha value is -2.99. The number of carbonyl (C=O) groups is 1. The number of aromatic nitrogens is 2. The maximum Gasteiger partial charge on any atom is 0.276 e. The van der Waals surface area contributed by atoms with Gasteiger partial charge in [0, 0.05) is 16.6 Å². The number of nitrogens with zero attached hydrogens (tertiary/aromatic N) is 2. The summed E-state index contributed by atoms with van der Waals surface area (Å²) in [6.07, 6.45) is 0.486. The minimum absolute atomic E-state index is 0.191. The molecule has 6 heteroatoms. The van der Waals surface area contributed by atoms with Crippen LogP contribution in [0.1, 0.15) is 36.2 Å². The maximum atomic E-state index is 13.3. The Bertz CT molecular complexity index is 1270. The molecule has 5 nitrogen and oxygen atoms in total. The van der Waals surface area contributed by atoms with Crippen LogP contribution in [-0.2, 0) is 11.3 Å². The van der Waals surface area contributed by atoms with Crippen molar-refractivity contribution in [2.24, 2.45) is 0 Å². The minimum Gasteiger partial charge on any atom is -0.350 e. The molecule has 0 aliphatic heterocycles. The van der Waals surface area contributed by atoms with Crippen LogP contribution in [0.5, 0.6) is 0 Å². The molecule has 4 aromatic rings. The first-order valence-electron chi connectivity index (χ1n) is 9.74. The summed E-state index contributed by atoms with van der Waals surface area (Å²) >= 11 is 1.57. The van der Waals surface area contributed by atoms with Crippen LogP contribution in [0.4, 0.5) is 0 Å². The molecule has 0 unspecified atom stereocenters. The fraction of sp³-hybridized carbons (Fsp3) is 0.261. The summed E-state index contributed by atoms with van der Waals surface area (Å²) in [6.45, 7) is 6.24. The highest BCUT2D eigenvalue weighted by molar-refractivity contribution is 7.26. The molecule has 0 aliphatic rings. The smallest absolute Gasteiger partial charge is 0.276 e. The van der Waals surface area contributed by atoms with Crippen LogP contribution < -0.4 is 10.9 Å². The summed E-state index contributed by atoms with van der Waals surface area (Å²) in [6, 6.07) is 15.2. The summed E-state index contributed by atoms with van der Waals surface area (Å²) in [4.78, 5) is 26.3. The van der Waals surface area contributed by atoms with Crippen LogP contribution >= 0.6 is 11.3 Å². The zero-order chi connectivity index (χ0) is 20.5. The van der Waals surface area contributed by atoms with E-state index in [1.807, 2.05) is 69.3 Å². The molecule has 0 spiro atoms. The number of carbonyl (C=O) groups excluding carboxylic acids is 1. The van der Waals surface area contributed by atoms with Gasteiger partial charge < -0.3 is 5.32 Å². The molecule has 148 valence electrons. The summed E-state index contributed by atoms with van der Waals surface area (Å²) in [5.74, 6) is -0.191.